The number of hydrogen-bond donors (Lipinski definition) is 0. The van der Waals surface area contributed by atoms with E-state index in [2.05, 4.69) is 46.7 Å². The Morgan fingerprint density at radius 2 is 1.59 bits per heavy atom. The van der Waals surface area contributed by atoms with Gasteiger partial charge in [-0.3, -0.25) is 4.90 Å². The van der Waals surface area contributed by atoms with E-state index in [0.717, 1.165) is 44.4 Å². The molecule has 0 atom stereocenters. The Balaban J connectivity index is 1.62. The number of rotatable bonds is 3. The molecule has 3 fully saturated rings. The van der Waals surface area contributed by atoms with Gasteiger partial charge in [0, 0.05) is 50.0 Å². The Morgan fingerprint density at radius 3 is 2.30 bits per heavy atom. The molecule has 0 aliphatic carbocycles. The Hall–Kier alpha value is -1.40. The van der Waals surface area contributed by atoms with Gasteiger partial charge in [0.25, 0.3) is 0 Å². The van der Waals surface area contributed by atoms with Crippen LogP contribution in [0.25, 0.3) is 0 Å². The molecule has 3 saturated heterocycles. The molecule has 3 aliphatic rings. The molecule has 0 radical (unpaired) electrons. The van der Waals surface area contributed by atoms with Crippen LogP contribution >= 0.6 is 0 Å². The molecule has 6 heteroatoms. The van der Waals surface area contributed by atoms with Gasteiger partial charge in [0.05, 0.1) is 0 Å². The van der Waals surface area contributed by atoms with Crippen molar-refractivity contribution in [3.63, 3.8) is 0 Å². The van der Waals surface area contributed by atoms with E-state index in [1.807, 2.05) is 0 Å². The molecule has 1 aromatic heterocycles. The number of aryl methyl sites for hydroxylation is 1. The van der Waals surface area contributed by atoms with Crippen molar-refractivity contribution in [2.24, 2.45) is 0 Å². The van der Waals surface area contributed by atoms with Crippen molar-refractivity contribution in [3.05, 3.63) is 11.8 Å². The number of piperidine rings is 1. The van der Waals surface area contributed by atoms with E-state index in [0.29, 0.717) is 0 Å². The van der Waals surface area contributed by atoms with Crippen molar-refractivity contribution in [1.29, 1.82) is 0 Å². The summed E-state index contributed by atoms with van der Waals surface area (Å²) < 4.78 is 0. The fourth-order valence-electron chi connectivity index (χ4n) is 4.93. The molecule has 0 N–H and O–H groups in total. The number of hydrogen-bond acceptors (Lipinski definition) is 6. The minimum absolute atomic E-state index is 0.286. The van der Waals surface area contributed by atoms with Crippen LogP contribution in [0.2, 0.25) is 0 Å². The first-order valence-electron chi connectivity index (χ1n) is 10.9. The third kappa shape index (κ3) is 3.92. The molecule has 4 heterocycles. The lowest BCUT2D eigenvalue weighted by molar-refractivity contribution is 0.0604. The number of anilines is 2. The van der Waals surface area contributed by atoms with E-state index >= 15 is 0 Å². The highest BCUT2D eigenvalue weighted by Crippen LogP contribution is 2.33. The van der Waals surface area contributed by atoms with Crippen molar-refractivity contribution in [1.82, 2.24) is 19.8 Å². The van der Waals surface area contributed by atoms with Crippen molar-refractivity contribution >= 4 is 11.8 Å². The average molecular weight is 373 g/mol. The summed E-state index contributed by atoms with van der Waals surface area (Å²) in [4.78, 5) is 20.0. The minimum Gasteiger partial charge on any atom is -0.355 e. The van der Waals surface area contributed by atoms with Gasteiger partial charge in [0.2, 0.25) is 5.95 Å². The summed E-state index contributed by atoms with van der Waals surface area (Å²) in [5.41, 5.74) is 1.46. The van der Waals surface area contributed by atoms with Crippen molar-refractivity contribution in [3.8, 4) is 0 Å². The second-order valence-corrected chi connectivity index (χ2v) is 8.79. The Labute approximate surface area is 164 Å². The lowest BCUT2D eigenvalue weighted by Crippen LogP contribution is -2.57. The van der Waals surface area contributed by atoms with Crippen LogP contribution in [-0.4, -0.2) is 85.2 Å². The van der Waals surface area contributed by atoms with Crippen molar-refractivity contribution < 1.29 is 0 Å². The summed E-state index contributed by atoms with van der Waals surface area (Å²) in [5.74, 6) is 2.11. The number of aromatic nitrogens is 2. The van der Waals surface area contributed by atoms with E-state index in [4.69, 9.17) is 9.97 Å². The third-order valence-corrected chi connectivity index (χ3v) is 6.96. The first kappa shape index (κ1) is 18.9. The van der Waals surface area contributed by atoms with E-state index in [1.165, 1.54) is 57.4 Å². The molecule has 0 saturated carbocycles. The highest BCUT2D eigenvalue weighted by Gasteiger charge is 2.40. The van der Waals surface area contributed by atoms with Crippen LogP contribution in [-0.2, 0) is 6.42 Å². The average Bonchev–Trinajstić information content (AvgIpc) is 3.18. The number of likely N-dealkylation sites (N-methyl/N-ethyl adjacent to an activating group) is 1. The SMILES string of the molecule is CCc1cc(N2CCCN(C)C3(CCN(C)CC3)C2)nc(N2CCCC2)n1. The molecular formula is C21H36N6. The molecule has 0 aromatic carbocycles. The second-order valence-electron chi connectivity index (χ2n) is 8.79. The summed E-state index contributed by atoms with van der Waals surface area (Å²) in [6.45, 7) is 10.2. The van der Waals surface area contributed by atoms with Crippen LogP contribution in [0.5, 0.6) is 0 Å². The first-order chi connectivity index (χ1) is 13.1. The Morgan fingerprint density at radius 1 is 0.889 bits per heavy atom. The van der Waals surface area contributed by atoms with Gasteiger partial charge in [-0.05, 0) is 65.7 Å². The van der Waals surface area contributed by atoms with Gasteiger partial charge in [0.1, 0.15) is 5.82 Å². The number of nitrogens with zero attached hydrogens (tertiary/aromatic N) is 6. The van der Waals surface area contributed by atoms with Gasteiger partial charge < -0.3 is 14.7 Å². The lowest BCUT2D eigenvalue weighted by atomic mass is 9.85. The summed E-state index contributed by atoms with van der Waals surface area (Å²) >= 11 is 0. The highest BCUT2D eigenvalue weighted by atomic mass is 15.3. The molecule has 1 spiro atoms. The van der Waals surface area contributed by atoms with Gasteiger partial charge in [0.15, 0.2) is 0 Å². The van der Waals surface area contributed by atoms with Crippen LogP contribution in [0.3, 0.4) is 0 Å². The second kappa shape index (κ2) is 7.92. The molecule has 27 heavy (non-hydrogen) atoms. The molecule has 150 valence electrons. The molecular weight excluding hydrogens is 336 g/mol. The van der Waals surface area contributed by atoms with Gasteiger partial charge >= 0.3 is 0 Å². The molecule has 6 nitrogen and oxygen atoms in total. The quantitative estimate of drug-likeness (QED) is 0.810. The Kier molecular flexibility index (Phi) is 5.55. The van der Waals surface area contributed by atoms with Crippen LogP contribution in [0.1, 0.15) is 44.7 Å². The Bertz CT molecular complexity index is 634. The van der Waals surface area contributed by atoms with Gasteiger partial charge in [-0.2, -0.15) is 4.98 Å². The van der Waals surface area contributed by atoms with E-state index < -0.39 is 0 Å². The normalized spacial score (nSPS) is 24.6. The van der Waals surface area contributed by atoms with Crippen LogP contribution < -0.4 is 9.80 Å². The topological polar surface area (TPSA) is 38.7 Å². The van der Waals surface area contributed by atoms with Gasteiger partial charge in [-0.25, -0.2) is 4.98 Å². The van der Waals surface area contributed by atoms with Crippen LogP contribution in [0.4, 0.5) is 11.8 Å². The van der Waals surface area contributed by atoms with Crippen LogP contribution in [0.15, 0.2) is 6.07 Å². The van der Waals surface area contributed by atoms with Gasteiger partial charge in [-0.15, -0.1) is 0 Å². The molecule has 1 aromatic rings. The molecule has 3 aliphatic heterocycles. The largest absolute Gasteiger partial charge is 0.355 e. The molecule has 0 unspecified atom stereocenters. The summed E-state index contributed by atoms with van der Waals surface area (Å²) in [6, 6.07) is 2.24. The number of likely N-dealkylation sites (tertiary alicyclic amines) is 1. The van der Waals surface area contributed by atoms with Crippen molar-refractivity contribution in [2.75, 3.05) is 69.7 Å². The van der Waals surface area contributed by atoms with Gasteiger partial charge in [-0.1, -0.05) is 6.92 Å². The lowest BCUT2D eigenvalue weighted by Gasteiger charge is -2.47. The predicted octanol–water partition coefficient (Wildman–Crippen LogP) is 2.25. The molecule has 0 amide bonds. The third-order valence-electron chi connectivity index (χ3n) is 6.96. The summed E-state index contributed by atoms with van der Waals surface area (Å²) in [7, 11) is 4.59. The summed E-state index contributed by atoms with van der Waals surface area (Å²) in [6.07, 6.45) is 7.21. The maximum atomic E-state index is 5.06. The predicted molar refractivity (Wildman–Crippen MR) is 112 cm³/mol. The summed E-state index contributed by atoms with van der Waals surface area (Å²) in [5, 5.41) is 0. The molecule has 4 rings (SSSR count). The fourth-order valence-corrected chi connectivity index (χ4v) is 4.93. The highest BCUT2D eigenvalue weighted by molar-refractivity contribution is 5.47. The zero-order valence-corrected chi connectivity index (χ0v) is 17.5. The molecule has 0 bridgehead atoms. The standard InChI is InChI=1S/C21H36N6/c1-4-18-16-19(23-20(22-18)26-11-5-6-12-26)27-13-7-10-25(3)21(17-27)8-14-24(2)15-9-21/h16H,4-15,17H2,1-3H3. The maximum absolute atomic E-state index is 5.06. The van der Waals surface area contributed by atoms with E-state index in [9.17, 15) is 0 Å². The van der Waals surface area contributed by atoms with Crippen molar-refractivity contribution in [2.45, 2.75) is 51.0 Å². The zero-order valence-electron chi connectivity index (χ0n) is 17.5. The first-order valence-corrected chi connectivity index (χ1v) is 10.9. The minimum atomic E-state index is 0.286. The van der Waals surface area contributed by atoms with E-state index in [-0.39, 0.29) is 5.54 Å². The van der Waals surface area contributed by atoms with Crippen LogP contribution in [0, 0.1) is 0 Å². The fraction of sp³-hybridized carbons (Fsp3) is 0.810. The maximum Gasteiger partial charge on any atom is 0.227 e. The van der Waals surface area contributed by atoms with E-state index in [1.54, 1.807) is 0 Å². The smallest absolute Gasteiger partial charge is 0.227 e. The monoisotopic (exact) mass is 372 g/mol. The zero-order chi connectivity index (χ0) is 18.9.